The molecule has 0 aliphatic carbocycles. The van der Waals surface area contributed by atoms with E-state index in [4.69, 9.17) is 0 Å². The van der Waals surface area contributed by atoms with Crippen LogP contribution < -0.4 is 9.80 Å². The van der Waals surface area contributed by atoms with E-state index in [1.54, 1.807) is 64.1 Å². The van der Waals surface area contributed by atoms with Crippen LogP contribution in [0, 0.1) is 41.5 Å². The second-order valence-corrected chi connectivity index (χ2v) is 18.1. The van der Waals surface area contributed by atoms with Crippen LogP contribution in [0.2, 0.25) is 0 Å². The van der Waals surface area contributed by atoms with Gasteiger partial charge in [0.15, 0.2) is 0 Å². The van der Waals surface area contributed by atoms with Crippen molar-refractivity contribution < 1.29 is 38.9 Å². The van der Waals surface area contributed by atoms with E-state index in [1.807, 2.05) is 72.2 Å². The summed E-state index contributed by atoms with van der Waals surface area (Å²) >= 11 is 0. The molecule has 14 heteroatoms. The Labute approximate surface area is 335 Å². The lowest BCUT2D eigenvalue weighted by Crippen LogP contribution is -2.21. The van der Waals surface area contributed by atoms with Crippen molar-refractivity contribution in [2.24, 2.45) is 0 Å². The van der Waals surface area contributed by atoms with Crippen LogP contribution in [0.5, 0.6) is 0 Å². The Morgan fingerprint density at radius 1 is 0.544 bits per heavy atom. The van der Waals surface area contributed by atoms with E-state index in [-0.39, 0.29) is 14.7 Å². The van der Waals surface area contributed by atoms with E-state index in [9.17, 15) is 38.9 Å². The number of hydrogen-bond donors (Lipinski definition) is 3. The largest absolute Gasteiger partial charge is 0.337 e. The number of benzene rings is 5. The van der Waals surface area contributed by atoms with Gasteiger partial charge < -0.3 is 9.80 Å². The van der Waals surface area contributed by atoms with Crippen molar-refractivity contribution in [3.63, 3.8) is 0 Å². The first-order valence-corrected chi connectivity index (χ1v) is 22.1. The topological polar surface area (TPSA) is 170 Å². The highest BCUT2D eigenvalue weighted by atomic mass is 32.2. The summed E-state index contributed by atoms with van der Waals surface area (Å²) in [4.78, 5) is 3.15. The molecule has 0 amide bonds. The van der Waals surface area contributed by atoms with Gasteiger partial charge in [0.1, 0.15) is 9.79 Å². The summed E-state index contributed by atoms with van der Waals surface area (Å²) < 4.78 is 106. The summed E-state index contributed by atoms with van der Waals surface area (Å²) in [6, 6.07) is 24.2. The third-order valence-corrected chi connectivity index (χ3v) is 13.2. The highest BCUT2D eigenvalue weighted by molar-refractivity contribution is 7.86. The van der Waals surface area contributed by atoms with Crippen molar-refractivity contribution in [2.75, 3.05) is 22.9 Å². The third-order valence-electron chi connectivity index (χ3n) is 9.98. The summed E-state index contributed by atoms with van der Waals surface area (Å²) in [6.07, 6.45) is 3.34. The Morgan fingerprint density at radius 3 is 1.25 bits per heavy atom. The number of aryl methyl sites for hydroxylation is 4. The van der Waals surface area contributed by atoms with Gasteiger partial charge in [-0.2, -0.15) is 25.3 Å². The first-order chi connectivity index (χ1) is 26.6. The average Bonchev–Trinajstić information content (AvgIpc) is 3.10. The first kappa shape index (κ1) is 43.0. The van der Waals surface area contributed by atoms with Crippen molar-refractivity contribution in [1.29, 1.82) is 0 Å². The summed E-state index contributed by atoms with van der Waals surface area (Å²) in [7, 11) is -13.7. The second-order valence-electron chi connectivity index (χ2n) is 14.0. The second kappa shape index (κ2) is 16.4. The molecule has 0 saturated heterocycles. The molecule has 3 N–H and O–H groups in total. The average molecular weight is 831 g/mol. The normalized spacial score (nSPS) is 12.1. The molecular weight excluding hydrogens is 785 g/mol. The number of nitrogens with zero attached hydrogens (tertiary/aromatic N) is 2. The molecule has 300 valence electrons. The zero-order chi connectivity index (χ0) is 42.2. The Kier molecular flexibility index (Phi) is 12.4. The van der Waals surface area contributed by atoms with Gasteiger partial charge in [-0.3, -0.25) is 13.7 Å². The standard InChI is InChI=1S/C43H46N2O9S3/c1-9-23-44(40-27(3)25-29(5)42(31(40)7)56(49,50)51)35-19-15-33(16-20-35)39(37-13-11-12-14-38(37)55(46,47)48)34-17-21-36(22-18-34)45(24-10-2)41-28(4)26-30(6)43(32(41)8)57(52,53)54/h9-22,25-26,39H,1-2,23-24H2,3-8H3,(H,46,47,48)(H,49,50,51)(H,52,53,54). The van der Waals surface area contributed by atoms with E-state index in [0.29, 0.717) is 74.8 Å². The van der Waals surface area contributed by atoms with Crippen LogP contribution in [0.15, 0.2) is 125 Å². The minimum Gasteiger partial charge on any atom is -0.337 e. The molecule has 5 aromatic rings. The van der Waals surface area contributed by atoms with Crippen molar-refractivity contribution in [3.8, 4) is 0 Å². The molecule has 0 radical (unpaired) electrons. The Hall–Kier alpha value is -5.09. The van der Waals surface area contributed by atoms with E-state index >= 15 is 0 Å². The molecule has 0 spiro atoms. The molecule has 0 atom stereocenters. The molecule has 0 heterocycles. The van der Waals surface area contributed by atoms with Gasteiger partial charge in [-0.1, -0.05) is 66.7 Å². The molecule has 0 saturated carbocycles. The number of anilines is 4. The fourth-order valence-electron chi connectivity index (χ4n) is 8.05. The van der Waals surface area contributed by atoms with Gasteiger partial charge in [0, 0.05) is 41.8 Å². The zero-order valence-corrected chi connectivity index (χ0v) is 35.0. The van der Waals surface area contributed by atoms with Gasteiger partial charge in [-0.25, -0.2) is 0 Å². The van der Waals surface area contributed by atoms with Gasteiger partial charge in [-0.15, -0.1) is 13.2 Å². The van der Waals surface area contributed by atoms with Gasteiger partial charge in [0.25, 0.3) is 30.4 Å². The Balaban J connectivity index is 1.68. The molecule has 5 aromatic carbocycles. The maximum absolute atomic E-state index is 12.7. The van der Waals surface area contributed by atoms with E-state index in [2.05, 4.69) is 13.2 Å². The number of rotatable bonds is 14. The summed E-state index contributed by atoms with van der Waals surface area (Å²) in [6.45, 7) is 18.6. The Bertz CT molecular complexity index is 2560. The fourth-order valence-corrected chi connectivity index (χ4v) is 10.7. The predicted molar refractivity (Wildman–Crippen MR) is 225 cm³/mol. The molecular formula is C43H46N2O9S3. The molecule has 57 heavy (non-hydrogen) atoms. The summed E-state index contributed by atoms with van der Waals surface area (Å²) in [5, 5.41) is 0. The summed E-state index contributed by atoms with van der Waals surface area (Å²) in [5.41, 5.74) is 7.27. The Morgan fingerprint density at radius 2 is 0.912 bits per heavy atom. The van der Waals surface area contributed by atoms with Crippen LogP contribution in [0.25, 0.3) is 0 Å². The van der Waals surface area contributed by atoms with Crippen LogP contribution in [0.4, 0.5) is 22.7 Å². The molecule has 0 aliphatic heterocycles. The van der Waals surface area contributed by atoms with Gasteiger partial charge in [0.05, 0.1) is 4.90 Å². The minimum atomic E-state index is -4.66. The van der Waals surface area contributed by atoms with Gasteiger partial charge in [0.2, 0.25) is 0 Å². The van der Waals surface area contributed by atoms with Crippen molar-refractivity contribution in [2.45, 2.75) is 62.1 Å². The molecule has 0 aromatic heterocycles. The lowest BCUT2D eigenvalue weighted by molar-refractivity contribution is 0.479. The summed E-state index contributed by atoms with van der Waals surface area (Å²) in [5.74, 6) is -0.713. The molecule has 0 fully saturated rings. The van der Waals surface area contributed by atoms with Crippen LogP contribution in [-0.2, 0) is 30.4 Å². The van der Waals surface area contributed by atoms with E-state index in [0.717, 1.165) is 11.1 Å². The lowest BCUT2D eigenvalue weighted by atomic mass is 9.85. The maximum atomic E-state index is 12.7. The predicted octanol–water partition coefficient (Wildman–Crippen LogP) is 9.11. The highest BCUT2D eigenvalue weighted by Crippen LogP contribution is 2.42. The quantitative estimate of drug-likeness (QED) is 0.0554. The van der Waals surface area contributed by atoms with Gasteiger partial charge >= 0.3 is 0 Å². The van der Waals surface area contributed by atoms with Crippen LogP contribution in [-0.4, -0.2) is 52.0 Å². The number of hydrogen-bond acceptors (Lipinski definition) is 8. The lowest BCUT2D eigenvalue weighted by Gasteiger charge is -2.30. The third kappa shape index (κ3) is 8.76. The monoisotopic (exact) mass is 830 g/mol. The van der Waals surface area contributed by atoms with Crippen LogP contribution >= 0.6 is 0 Å². The van der Waals surface area contributed by atoms with E-state index < -0.39 is 36.3 Å². The molecule has 0 aliphatic rings. The van der Waals surface area contributed by atoms with E-state index in [1.165, 1.54) is 12.1 Å². The minimum absolute atomic E-state index is 0.169. The smallest absolute Gasteiger partial charge is 0.295 e. The zero-order valence-electron chi connectivity index (χ0n) is 32.6. The van der Waals surface area contributed by atoms with Crippen LogP contribution in [0.3, 0.4) is 0 Å². The molecule has 11 nitrogen and oxygen atoms in total. The van der Waals surface area contributed by atoms with Gasteiger partial charge in [-0.05, 0) is 122 Å². The highest BCUT2D eigenvalue weighted by Gasteiger charge is 2.28. The van der Waals surface area contributed by atoms with Crippen LogP contribution in [0.1, 0.15) is 56.0 Å². The SMILES string of the molecule is C=CCN(c1ccc(C(c2ccc(N(CC=C)c3c(C)cc(C)c(S(=O)(=O)O)c3C)cc2)c2ccccc2S(=O)(=O)O)cc1)c1c(C)cc(C)c(S(=O)(=O)O)c1C. The molecule has 0 unspecified atom stereocenters. The van der Waals surface area contributed by atoms with Crippen molar-refractivity contribution in [3.05, 3.63) is 160 Å². The van der Waals surface area contributed by atoms with Crippen molar-refractivity contribution in [1.82, 2.24) is 0 Å². The molecule has 5 rings (SSSR count). The fraction of sp³-hybridized carbons (Fsp3) is 0.209. The van der Waals surface area contributed by atoms with Crippen molar-refractivity contribution >= 4 is 53.1 Å². The molecule has 0 bridgehead atoms. The first-order valence-electron chi connectivity index (χ1n) is 17.8. The maximum Gasteiger partial charge on any atom is 0.295 e.